The van der Waals surface area contributed by atoms with Gasteiger partial charge in [0.2, 0.25) is 0 Å². The zero-order valence-electron chi connectivity index (χ0n) is 16.8. The van der Waals surface area contributed by atoms with Gasteiger partial charge in [-0.3, -0.25) is 4.57 Å². The standard InChI is InChI=1S/C20H19F3N2O5S/c1-4-30-17-8-12-11(7-16(17)29-2)13-5-10(20(21,22)23)6-14-18(13)25(19(26)24-14)15(12)9-31(3,27)28/h5-8,15H,4,9H2,1-3H3,(H,24,26)/t15-/m1/s1. The average molecular weight is 456 g/mol. The second-order valence-electron chi connectivity index (χ2n) is 7.35. The van der Waals surface area contributed by atoms with Crippen molar-refractivity contribution in [3.8, 4) is 22.6 Å². The minimum Gasteiger partial charge on any atom is -0.493 e. The number of rotatable bonds is 5. The van der Waals surface area contributed by atoms with E-state index in [1.807, 2.05) is 0 Å². The highest BCUT2D eigenvalue weighted by Crippen LogP contribution is 2.47. The summed E-state index contributed by atoms with van der Waals surface area (Å²) in [5.74, 6) is 0.179. The molecule has 0 saturated carbocycles. The number of aromatic nitrogens is 2. The van der Waals surface area contributed by atoms with Crippen molar-refractivity contribution < 1.29 is 31.1 Å². The third-order valence-corrected chi connectivity index (χ3v) is 6.12. The number of H-pyrrole nitrogens is 1. The van der Waals surface area contributed by atoms with Crippen molar-refractivity contribution in [3.63, 3.8) is 0 Å². The first-order chi connectivity index (χ1) is 14.4. The van der Waals surface area contributed by atoms with Gasteiger partial charge in [-0.1, -0.05) is 0 Å². The molecule has 0 spiro atoms. The van der Waals surface area contributed by atoms with Gasteiger partial charge in [-0.05, 0) is 42.3 Å². The van der Waals surface area contributed by atoms with Crippen LogP contribution in [-0.2, 0) is 16.0 Å². The summed E-state index contributed by atoms with van der Waals surface area (Å²) in [4.78, 5) is 15.2. The summed E-state index contributed by atoms with van der Waals surface area (Å²) < 4.78 is 77.0. The van der Waals surface area contributed by atoms with Crippen LogP contribution < -0.4 is 15.2 Å². The molecule has 31 heavy (non-hydrogen) atoms. The van der Waals surface area contributed by atoms with Crippen LogP contribution in [0.25, 0.3) is 22.2 Å². The number of nitrogens with zero attached hydrogens (tertiary/aromatic N) is 1. The number of imidazole rings is 1. The van der Waals surface area contributed by atoms with Crippen molar-refractivity contribution in [1.29, 1.82) is 0 Å². The number of fused-ring (bicyclic) bond motifs is 2. The SMILES string of the molecule is CCOc1cc2c(cc1OC)-c1cc(C(F)(F)F)cc3[nH]c(=O)n(c13)[C@@H]2CS(C)(=O)=O. The number of alkyl halides is 3. The lowest BCUT2D eigenvalue weighted by Crippen LogP contribution is -2.30. The van der Waals surface area contributed by atoms with Gasteiger partial charge < -0.3 is 14.5 Å². The molecule has 1 aliphatic heterocycles. The van der Waals surface area contributed by atoms with Crippen LogP contribution in [0.5, 0.6) is 11.5 Å². The number of methoxy groups -OCH3 is 1. The third-order valence-electron chi connectivity index (χ3n) is 5.20. The smallest absolute Gasteiger partial charge is 0.416 e. The molecule has 0 aliphatic carbocycles. The van der Waals surface area contributed by atoms with Crippen LogP contribution in [0.3, 0.4) is 0 Å². The molecule has 1 aliphatic rings. The maximum atomic E-state index is 13.5. The van der Waals surface area contributed by atoms with Gasteiger partial charge in [0.15, 0.2) is 11.5 Å². The molecule has 0 radical (unpaired) electrons. The first kappa shape index (κ1) is 21.3. The number of nitrogens with one attached hydrogen (secondary N) is 1. The summed E-state index contributed by atoms with van der Waals surface area (Å²) in [5.41, 5.74) is -0.553. The van der Waals surface area contributed by atoms with Gasteiger partial charge in [-0.25, -0.2) is 13.2 Å². The lowest BCUT2D eigenvalue weighted by Gasteiger charge is -2.29. The van der Waals surface area contributed by atoms with Crippen LogP contribution in [0.2, 0.25) is 0 Å². The topological polar surface area (TPSA) is 90.4 Å². The van der Waals surface area contributed by atoms with E-state index in [-0.39, 0.29) is 29.0 Å². The molecule has 7 nitrogen and oxygen atoms in total. The largest absolute Gasteiger partial charge is 0.493 e. The maximum absolute atomic E-state index is 13.5. The number of halogens is 3. The summed E-state index contributed by atoms with van der Waals surface area (Å²) in [6.45, 7) is 2.03. The van der Waals surface area contributed by atoms with E-state index in [0.29, 0.717) is 16.9 Å². The maximum Gasteiger partial charge on any atom is 0.416 e. The fraction of sp³-hybridized carbons (Fsp3) is 0.350. The van der Waals surface area contributed by atoms with E-state index in [1.165, 1.54) is 23.8 Å². The van der Waals surface area contributed by atoms with Gasteiger partial charge in [0.1, 0.15) is 9.84 Å². The number of benzene rings is 2. The fourth-order valence-electron chi connectivity index (χ4n) is 4.04. The highest BCUT2D eigenvalue weighted by Gasteiger charge is 2.37. The molecule has 1 aromatic heterocycles. The first-order valence-electron chi connectivity index (χ1n) is 9.33. The monoisotopic (exact) mass is 456 g/mol. The molecule has 2 heterocycles. The highest BCUT2D eigenvalue weighted by molar-refractivity contribution is 7.90. The summed E-state index contributed by atoms with van der Waals surface area (Å²) in [6.07, 6.45) is -3.60. The Hall–Kier alpha value is -2.95. The van der Waals surface area contributed by atoms with Gasteiger partial charge in [0, 0.05) is 11.8 Å². The van der Waals surface area contributed by atoms with Crippen molar-refractivity contribution >= 4 is 20.9 Å². The van der Waals surface area contributed by atoms with Gasteiger partial charge in [0.25, 0.3) is 0 Å². The minimum absolute atomic E-state index is 0.0215. The molecule has 0 saturated heterocycles. The van der Waals surface area contributed by atoms with Gasteiger partial charge in [0.05, 0.1) is 42.1 Å². The molecule has 0 bridgehead atoms. The Morgan fingerprint density at radius 2 is 1.84 bits per heavy atom. The van der Waals surface area contributed by atoms with Crippen molar-refractivity contribution in [2.45, 2.75) is 19.1 Å². The van der Waals surface area contributed by atoms with Gasteiger partial charge in [-0.2, -0.15) is 13.2 Å². The van der Waals surface area contributed by atoms with Crippen LogP contribution in [0, 0.1) is 0 Å². The van der Waals surface area contributed by atoms with E-state index in [1.54, 1.807) is 6.92 Å². The fourth-order valence-corrected chi connectivity index (χ4v) is 4.94. The molecular weight excluding hydrogens is 437 g/mol. The average Bonchev–Trinajstić information content (AvgIpc) is 2.99. The molecule has 166 valence electrons. The Kier molecular flexibility index (Phi) is 4.84. The van der Waals surface area contributed by atoms with Gasteiger partial charge in [-0.15, -0.1) is 0 Å². The minimum atomic E-state index is -4.64. The predicted molar refractivity (Wildman–Crippen MR) is 109 cm³/mol. The Labute approximate surface area is 175 Å². The molecule has 0 amide bonds. The Morgan fingerprint density at radius 3 is 2.42 bits per heavy atom. The molecular formula is C20H19F3N2O5S. The van der Waals surface area contributed by atoms with E-state index in [4.69, 9.17) is 9.47 Å². The Morgan fingerprint density at radius 1 is 1.13 bits per heavy atom. The summed E-state index contributed by atoms with van der Waals surface area (Å²) in [7, 11) is -2.16. The molecule has 0 unspecified atom stereocenters. The molecule has 1 atom stereocenters. The van der Waals surface area contributed by atoms with Gasteiger partial charge >= 0.3 is 11.9 Å². The Balaban J connectivity index is 2.14. The van der Waals surface area contributed by atoms with Crippen LogP contribution in [0.4, 0.5) is 13.2 Å². The second kappa shape index (κ2) is 7.04. The van der Waals surface area contributed by atoms with Crippen LogP contribution in [-0.4, -0.2) is 43.7 Å². The normalized spacial score (nSPS) is 15.7. The predicted octanol–water partition coefficient (Wildman–Crippen LogP) is 3.37. The number of hydrogen-bond acceptors (Lipinski definition) is 5. The highest BCUT2D eigenvalue weighted by atomic mass is 32.2. The number of ether oxygens (including phenoxy) is 2. The van der Waals surface area contributed by atoms with E-state index in [9.17, 15) is 26.4 Å². The summed E-state index contributed by atoms with van der Waals surface area (Å²) in [6, 6.07) is 3.92. The van der Waals surface area contributed by atoms with E-state index < -0.39 is 39.1 Å². The zero-order valence-corrected chi connectivity index (χ0v) is 17.6. The van der Waals surface area contributed by atoms with Crippen molar-refractivity contribution in [1.82, 2.24) is 9.55 Å². The van der Waals surface area contributed by atoms with E-state index in [2.05, 4.69) is 4.98 Å². The third kappa shape index (κ3) is 3.56. The van der Waals surface area contributed by atoms with E-state index in [0.717, 1.165) is 18.4 Å². The van der Waals surface area contributed by atoms with Crippen molar-refractivity contribution in [3.05, 3.63) is 45.9 Å². The quantitative estimate of drug-likeness (QED) is 0.636. The first-order valence-corrected chi connectivity index (χ1v) is 11.4. The van der Waals surface area contributed by atoms with Crippen LogP contribution in [0.1, 0.15) is 24.1 Å². The molecule has 2 aromatic carbocycles. The molecule has 3 aromatic rings. The van der Waals surface area contributed by atoms with Crippen LogP contribution >= 0.6 is 0 Å². The molecule has 11 heteroatoms. The molecule has 4 rings (SSSR count). The number of hydrogen-bond donors (Lipinski definition) is 1. The van der Waals surface area contributed by atoms with E-state index >= 15 is 0 Å². The number of sulfone groups is 1. The lowest BCUT2D eigenvalue weighted by molar-refractivity contribution is -0.137. The van der Waals surface area contributed by atoms with Crippen LogP contribution in [0.15, 0.2) is 29.1 Å². The molecule has 0 fully saturated rings. The zero-order chi connectivity index (χ0) is 22.7. The lowest BCUT2D eigenvalue weighted by atomic mass is 9.89. The Bertz CT molecular complexity index is 1360. The number of aromatic amines is 1. The molecule has 1 N–H and O–H groups in total. The van der Waals surface area contributed by atoms with Crippen molar-refractivity contribution in [2.24, 2.45) is 0 Å². The summed E-state index contributed by atoms with van der Waals surface area (Å²) >= 11 is 0. The summed E-state index contributed by atoms with van der Waals surface area (Å²) in [5, 5.41) is 0. The van der Waals surface area contributed by atoms with Crippen molar-refractivity contribution in [2.75, 3.05) is 25.7 Å². The second-order valence-corrected chi connectivity index (χ2v) is 9.53.